The van der Waals surface area contributed by atoms with Gasteiger partial charge in [0, 0.05) is 25.9 Å². The molecule has 0 saturated carbocycles. The summed E-state index contributed by atoms with van der Waals surface area (Å²) in [6.45, 7) is 8.24. The maximum Gasteiger partial charge on any atom is 0.191 e. The molecule has 0 atom stereocenters. The second-order valence-electron chi connectivity index (χ2n) is 7.28. The van der Waals surface area contributed by atoms with Crippen LogP contribution in [-0.4, -0.2) is 35.7 Å². The van der Waals surface area contributed by atoms with E-state index in [-0.39, 0.29) is 17.8 Å². The van der Waals surface area contributed by atoms with Crippen molar-refractivity contribution in [3.63, 3.8) is 0 Å². The van der Waals surface area contributed by atoms with Crippen LogP contribution in [-0.2, 0) is 6.54 Å². The number of nitrogens with zero attached hydrogens (tertiary/aromatic N) is 2. The maximum atomic E-state index is 14.4. The summed E-state index contributed by atoms with van der Waals surface area (Å²) in [4.78, 5) is 8.54. The van der Waals surface area contributed by atoms with Crippen LogP contribution in [0.25, 0.3) is 0 Å². The van der Waals surface area contributed by atoms with Gasteiger partial charge in [0.25, 0.3) is 0 Å². The van der Waals surface area contributed by atoms with Crippen LogP contribution in [0.1, 0.15) is 45.6 Å². The van der Waals surface area contributed by atoms with Crippen LogP contribution in [0.15, 0.2) is 47.7 Å². The normalized spacial score (nSPS) is 12.0. The van der Waals surface area contributed by atoms with Crippen molar-refractivity contribution in [2.24, 2.45) is 10.4 Å². The molecule has 0 aliphatic rings. The highest BCUT2D eigenvalue weighted by atomic mass is 19.1. The SMILES string of the molecule is CCNC(=NCc1ccc(Oc2cccnc2)c(F)c1)NCC(CC)(CC)CCO. The molecule has 0 aliphatic carbocycles. The number of ether oxygens (including phenoxy) is 1. The Hall–Kier alpha value is -2.67. The van der Waals surface area contributed by atoms with Gasteiger partial charge < -0.3 is 20.5 Å². The van der Waals surface area contributed by atoms with Gasteiger partial charge >= 0.3 is 0 Å². The molecule has 0 saturated heterocycles. The van der Waals surface area contributed by atoms with Gasteiger partial charge in [0.1, 0.15) is 5.75 Å². The van der Waals surface area contributed by atoms with E-state index in [9.17, 15) is 9.50 Å². The molecule has 0 amide bonds. The average molecular weight is 417 g/mol. The van der Waals surface area contributed by atoms with Crippen molar-refractivity contribution in [1.29, 1.82) is 0 Å². The van der Waals surface area contributed by atoms with Crippen molar-refractivity contribution in [1.82, 2.24) is 15.6 Å². The average Bonchev–Trinajstić information content (AvgIpc) is 2.77. The van der Waals surface area contributed by atoms with Crippen molar-refractivity contribution in [3.05, 3.63) is 54.1 Å². The molecular formula is C23H33FN4O2. The van der Waals surface area contributed by atoms with E-state index in [1.165, 1.54) is 12.3 Å². The lowest BCUT2D eigenvalue weighted by molar-refractivity contribution is 0.169. The topological polar surface area (TPSA) is 78.8 Å². The molecule has 0 unspecified atom stereocenters. The van der Waals surface area contributed by atoms with Crippen molar-refractivity contribution in [2.45, 2.75) is 46.6 Å². The number of nitrogens with one attached hydrogen (secondary N) is 2. The first kappa shape index (κ1) is 23.6. The summed E-state index contributed by atoms with van der Waals surface area (Å²) in [6.07, 6.45) is 5.86. The van der Waals surface area contributed by atoms with E-state index in [2.05, 4.69) is 34.5 Å². The van der Waals surface area contributed by atoms with Gasteiger partial charge in [-0.15, -0.1) is 0 Å². The second kappa shape index (κ2) is 12.1. The van der Waals surface area contributed by atoms with Gasteiger partial charge in [-0.2, -0.15) is 0 Å². The number of halogens is 1. The van der Waals surface area contributed by atoms with Crippen molar-refractivity contribution in [3.8, 4) is 11.5 Å². The first-order valence-electron chi connectivity index (χ1n) is 10.5. The summed E-state index contributed by atoms with van der Waals surface area (Å²) >= 11 is 0. The van der Waals surface area contributed by atoms with Crippen LogP contribution >= 0.6 is 0 Å². The molecule has 2 aromatic rings. The van der Waals surface area contributed by atoms with Crippen molar-refractivity contribution >= 4 is 5.96 Å². The van der Waals surface area contributed by atoms with E-state index in [1.54, 1.807) is 30.5 Å². The Kier molecular flexibility index (Phi) is 9.54. The van der Waals surface area contributed by atoms with Crippen LogP contribution in [0.4, 0.5) is 4.39 Å². The van der Waals surface area contributed by atoms with Gasteiger partial charge in [-0.3, -0.25) is 4.98 Å². The third-order valence-electron chi connectivity index (χ3n) is 5.40. The molecule has 0 spiro atoms. The molecule has 0 radical (unpaired) electrons. The molecule has 1 heterocycles. The van der Waals surface area contributed by atoms with Crippen LogP contribution in [0.5, 0.6) is 11.5 Å². The number of benzene rings is 1. The van der Waals surface area contributed by atoms with E-state index in [0.717, 1.165) is 37.9 Å². The highest BCUT2D eigenvalue weighted by molar-refractivity contribution is 5.79. The maximum absolute atomic E-state index is 14.4. The van der Waals surface area contributed by atoms with Crippen LogP contribution < -0.4 is 15.4 Å². The lowest BCUT2D eigenvalue weighted by atomic mass is 9.79. The summed E-state index contributed by atoms with van der Waals surface area (Å²) in [7, 11) is 0. The number of pyridine rings is 1. The minimum absolute atomic E-state index is 0.0301. The molecule has 6 nitrogen and oxygen atoms in total. The lowest BCUT2D eigenvalue weighted by Crippen LogP contribution is -2.43. The fourth-order valence-corrected chi connectivity index (χ4v) is 3.22. The molecule has 30 heavy (non-hydrogen) atoms. The van der Waals surface area contributed by atoms with Gasteiger partial charge in [0.2, 0.25) is 0 Å². The summed E-state index contributed by atoms with van der Waals surface area (Å²) < 4.78 is 20.0. The number of aromatic nitrogens is 1. The highest BCUT2D eigenvalue weighted by Gasteiger charge is 2.25. The predicted molar refractivity (Wildman–Crippen MR) is 118 cm³/mol. The van der Waals surface area contributed by atoms with Gasteiger partial charge in [-0.05, 0) is 61.4 Å². The molecule has 7 heteroatoms. The molecule has 3 N–H and O–H groups in total. The predicted octanol–water partition coefficient (Wildman–Crippen LogP) is 4.26. The summed E-state index contributed by atoms with van der Waals surface area (Å²) in [6, 6.07) is 8.30. The van der Waals surface area contributed by atoms with Crippen LogP contribution in [0, 0.1) is 11.2 Å². The van der Waals surface area contributed by atoms with E-state index in [1.807, 2.05) is 6.92 Å². The zero-order chi connectivity index (χ0) is 21.8. The smallest absolute Gasteiger partial charge is 0.191 e. The Morgan fingerprint density at radius 3 is 2.60 bits per heavy atom. The molecular weight excluding hydrogens is 383 g/mol. The Morgan fingerprint density at radius 1 is 1.20 bits per heavy atom. The molecule has 0 aliphatic heterocycles. The zero-order valence-electron chi connectivity index (χ0n) is 18.1. The minimum atomic E-state index is -0.441. The Labute approximate surface area is 178 Å². The third-order valence-corrected chi connectivity index (χ3v) is 5.40. The van der Waals surface area contributed by atoms with Gasteiger partial charge in [0.15, 0.2) is 17.5 Å². The number of aliphatic hydroxyl groups excluding tert-OH is 1. The van der Waals surface area contributed by atoms with Crippen molar-refractivity contribution < 1.29 is 14.2 Å². The van der Waals surface area contributed by atoms with E-state index in [0.29, 0.717) is 18.3 Å². The number of hydrogen-bond acceptors (Lipinski definition) is 4. The largest absolute Gasteiger partial charge is 0.453 e. The Bertz CT molecular complexity index is 795. The quantitative estimate of drug-likeness (QED) is 0.377. The van der Waals surface area contributed by atoms with E-state index >= 15 is 0 Å². The summed E-state index contributed by atoms with van der Waals surface area (Å²) in [5.41, 5.74) is 0.776. The molecule has 1 aromatic carbocycles. The van der Waals surface area contributed by atoms with Crippen LogP contribution in [0.3, 0.4) is 0 Å². The molecule has 0 bridgehead atoms. The molecule has 0 fully saturated rings. The second-order valence-corrected chi connectivity index (χ2v) is 7.28. The third kappa shape index (κ3) is 6.99. The molecule has 2 rings (SSSR count). The standard InChI is InChI=1S/C23H33FN4O2/c1-4-23(5-2,11-13-29)17-28-22(26-6-3)27-15-18-9-10-21(20(24)14-18)30-19-8-7-12-25-16-19/h7-10,12,14,16,29H,4-6,11,13,15,17H2,1-3H3,(H2,26,27,28). The number of aliphatic imine (C=N–C) groups is 1. The summed E-state index contributed by atoms with van der Waals surface area (Å²) in [5.74, 6) is 0.876. The van der Waals surface area contributed by atoms with E-state index in [4.69, 9.17) is 4.74 Å². The van der Waals surface area contributed by atoms with Crippen LogP contribution in [0.2, 0.25) is 0 Å². The first-order chi connectivity index (χ1) is 14.6. The number of rotatable bonds is 11. The minimum Gasteiger partial charge on any atom is -0.453 e. The Balaban J connectivity index is 2.04. The monoisotopic (exact) mass is 416 g/mol. The first-order valence-corrected chi connectivity index (χ1v) is 10.5. The number of aliphatic hydroxyl groups is 1. The number of hydrogen-bond donors (Lipinski definition) is 3. The summed E-state index contributed by atoms with van der Waals surface area (Å²) in [5, 5.41) is 16.0. The van der Waals surface area contributed by atoms with Gasteiger partial charge in [0.05, 0.1) is 12.7 Å². The lowest BCUT2D eigenvalue weighted by Gasteiger charge is -2.32. The highest BCUT2D eigenvalue weighted by Crippen LogP contribution is 2.29. The molecule has 164 valence electrons. The fraction of sp³-hybridized carbons (Fsp3) is 0.478. The number of guanidine groups is 1. The zero-order valence-corrected chi connectivity index (χ0v) is 18.1. The van der Waals surface area contributed by atoms with E-state index < -0.39 is 5.82 Å². The van der Waals surface area contributed by atoms with Gasteiger partial charge in [-0.1, -0.05) is 19.9 Å². The van der Waals surface area contributed by atoms with Gasteiger partial charge in [-0.25, -0.2) is 9.38 Å². The van der Waals surface area contributed by atoms with Crippen molar-refractivity contribution in [2.75, 3.05) is 19.7 Å². The fourth-order valence-electron chi connectivity index (χ4n) is 3.22. The Morgan fingerprint density at radius 2 is 2.00 bits per heavy atom. The molecule has 1 aromatic heterocycles.